The summed E-state index contributed by atoms with van der Waals surface area (Å²) in [7, 11) is 1.65. The van der Waals surface area contributed by atoms with Crippen LogP contribution in [0.2, 0.25) is 0 Å². The highest BCUT2D eigenvalue weighted by Gasteiger charge is 2.46. The van der Waals surface area contributed by atoms with Gasteiger partial charge in [-0.3, -0.25) is 9.59 Å². The zero-order chi connectivity index (χ0) is 17.1. The molecule has 1 aromatic carbocycles. The van der Waals surface area contributed by atoms with Crippen molar-refractivity contribution in [2.75, 3.05) is 26.8 Å². The molecule has 1 amide bonds. The standard InChI is InChI=1S/C19H25NO4/c1-3-24-19(22)14-8-10-20(11-9-14)18(21)17-12-16(17)13-4-6-15(23-2)7-5-13/h4-7,14,16-17H,3,8-12H2,1-2H3. The lowest BCUT2D eigenvalue weighted by atomic mass is 9.96. The maximum atomic E-state index is 12.7. The van der Waals surface area contributed by atoms with Gasteiger partial charge in [-0.15, -0.1) is 0 Å². The topological polar surface area (TPSA) is 55.8 Å². The van der Waals surface area contributed by atoms with E-state index < -0.39 is 0 Å². The maximum absolute atomic E-state index is 12.7. The Bertz CT molecular complexity index is 590. The summed E-state index contributed by atoms with van der Waals surface area (Å²) in [5.41, 5.74) is 1.20. The van der Waals surface area contributed by atoms with Gasteiger partial charge in [0, 0.05) is 19.0 Å². The van der Waals surface area contributed by atoms with Gasteiger partial charge in [0.25, 0.3) is 0 Å². The van der Waals surface area contributed by atoms with E-state index in [2.05, 4.69) is 0 Å². The van der Waals surface area contributed by atoms with E-state index in [9.17, 15) is 9.59 Å². The predicted molar refractivity (Wildman–Crippen MR) is 89.8 cm³/mol. The van der Waals surface area contributed by atoms with E-state index in [1.54, 1.807) is 7.11 Å². The van der Waals surface area contributed by atoms with Crippen molar-refractivity contribution in [1.29, 1.82) is 0 Å². The normalized spacial score (nSPS) is 23.7. The molecule has 1 aliphatic carbocycles. The Morgan fingerprint density at radius 1 is 1.17 bits per heavy atom. The first-order chi connectivity index (χ1) is 11.6. The number of methoxy groups -OCH3 is 1. The molecule has 1 heterocycles. The van der Waals surface area contributed by atoms with E-state index >= 15 is 0 Å². The highest BCUT2D eigenvalue weighted by Crippen LogP contribution is 2.49. The summed E-state index contributed by atoms with van der Waals surface area (Å²) in [6, 6.07) is 7.98. The van der Waals surface area contributed by atoms with Crippen LogP contribution in [0.3, 0.4) is 0 Å². The van der Waals surface area contributed by atoms with Gasteiger partial charge in [-0.2, -0.15) is 0 Å². The van der Waals surface area contributed by atoms with Crippen molar-refractivity contribution in [2.24, 2.45) is 11.8 Å². The Hall–Kier alpha value is -2.04. The first-order valence-electron chi connectivity index (χ1n) is 8.73. The van der Waals surface area contributed by atoms with E-state index in [-0.39, 0.29) is 23.7 Å². The number of nitrogens with zero attached hydrogens (tertiary/aromatic N) is 1. The third-order valence-corrected chi connectivity index (χ3v) is 5.08. The monoisotopic (exact) mass is 331 g/mol. The summed E-state index contributed by atoms with van der Waals surface area (Å²) in [6.45, 7) is 3.56. The van der Waals surface area contributed by atoms with Crippen molar-refractivity contribution < 1.29 is 19.1 Å². The van der Waals surface area contributed by atoms with Gasteiger partial charge in [-0.1, -0.05) is 12.1 Å². The molecule has 1 saturated carbocycles. The average molecular weight is 331 g/mol. The van der Waals surface area contributed by atoms with Crippen LogP contribution in [-0.4, -0.2) is 43.6 Å². The summed E-state index contributed by atoms with van der Waals surface area (Å²) >= 11 is 0. The largest absolute Gasteiger partial charge is 0.497 e. The van der Waals surface area contributed by atoms with Crippen molar-refractivity contribution in [3.05, 3.63) is 29.8 Å². The van der Waals surface area contributed by atoms with Crippen molar-refractivity contribution in [2.45, 2.75) is 32.1 Å². The van der Waals surface area contributed by atoms with Gasteiger partial charge >= 0.3 is 5.97 Å². The molecule has 2 unspecified atom stereocenters. The van der Waals surface area contributed by atoms with Gasteiger partial charge in [0.05, 0.1) is 19.6 Å². The molecule has 3 rings (SSSR count). The van der Waals surface area contributed by atoms with Crippen LogP contribution in [0.4, 0.5) is 0 Å². The second kappa shape index (κ2) is 7.24. The number of piperidine rings is 1. The van der Waals surface area contributed by atoms with Gasteiger partial charge in [-0.25, -0.2) is 0 Å². The minimum Gasteiger partial charge on any atom is -0.497 e. The van der Waals surface area contributed by atoms with Gasteiger partial charge in [0.2, 0.25) is 5.91 Å². The molecule has 0 spiro atoms. The second-order valence-corrected chi connectivity index (χ2v) is 6.57. The van der Waals surface area contributed by atoms with Crippen LogP contribution in [0.5, 0.6) is 5.75 Å². The highest BCUT2D eigenvalue weighted by molar-refractivity contribution is 5.83. The van der Waals surface area contributed by atoms with Crippen molar-refractivity contribution >= 4 is 11.9 Å². The smallest absolute Gasteiger partial charge is 0.309 e. The molecule has 1 saturated heterocycles. The molecule has 0 bridgehead atoms. The molecule has 2 fully saturated rings. The number of benzene rings is 1. The number of rotatable bonds is 5. The van der Waals surface area contributed by atoms with E-state index in [1.165, 1.54) is 5.56 Å². The minimum atomic E-state index is -0.118. The Balaban J connectivity index is 1.51. The van der Waals surface area contributed by atoms with E-state index in [1.807, 2.05) is 36.1 Å². The van der Waals surface area contributed by atoms with Crippen LogP contribution < -0.4 is 4.74 Å². The Labute approximate surface area is 142 Å². The minimum absolute atomic E-state index is 0.0504. The fourth-order valence-corrected chi connectivity index (χ4v) is 3.52. The van der Waals surface area contributed by atoms with Gasteiger partial charge in [0.15, 0.2) is 0 Å². The molecule has 130 valence electrons. The fourth-order valence-electron chi connectivity index (χ4n) is 3.52. The molecule has 0 N–H and O–H groups in total. The Kier molecular flexibility index (Phi) is 5.07. The lowest BCUT2D eigenvalue weighted by Gasteiger charge is -2.31. The maximum Gasteiger partial charge on any atom is 0.309 e. The van der Waals surface area contributed by atoms with Crippen LogP contribution in [-0.2, 0) is 14.3 Å². The summed E-state index contributed by atoms with van der Waals surface area (Å²) < 4.78 is 10.3. The molecule has 1 aliphatic heterocycles. The third-order valence-electron chi connectivity index (χ3n) is 5.08. The van der Waals surface area contributed by atoms with Gasteiger partial charge < -0.3 is 14.4 Å². The molecule has 5 nitrogen and oxygen atoms in total. The Morgan fingerprint density at radius 3 is 2.42 bits per heavy atom. The zero-order valence-corrected chi connectivity index (χ0v) is 14.4. The number of hydrogen-bond donors (Lipinski definition) is 0. The van der Waals surface area contributed by atoms with Crippen LogP contribution >= 0.6 is 0 Å². The number of carbonyl (C=O) groups is 2. The summed E-state index contributed by atoms with van der Waals surface area (Å²) in [6.07, 6.45) is 2.35. The van der Waals surface area contributed by atoms with Crippen LogP contribution in [0, 0.1) is 11.8 Å². The molecule has 5 heteroatoms. The molecule has 0 radical (unpaired) electrons. The third kappa shape index (κ3) is 3.55. The van der Waals surface area contributed by atoms with Crippen molar-refractivity contribution in [1.82, 2.24) is 4.90 Å². The molecule has 2 atom stereocenters. The first-order valence-corrected chi connectivity index (χ1v) is 8.73. The molecule has 2 aliphatic rings. The van der Waals surface area contributed by atoms with Crippen molar-refractivity contribution in [3.8, 4) is 5.75 Å². The van der Waals surface area contributed by atoms with E-state index in [0.717, 1.165) is 12.2 Å². The number of likely N-dealkylation sites (tertiary alicyclic amines) is 1. The quantitative estimate of drug-likeness (QED) is 0.778. The molecular formula is C19H25NO4. The van der Waals surface area contributed by atoms with Crippen LogP contribution in [0.1, 0.15) is 37.7 Å². The molecule has 1 aromatic rings. The summed E-state index contributed by atoms with van der Waals surface area (Å²) in [5.74, 6) is 1.32. The average Bonchev–Trinajstić information content (AvgIpc) is 3.42. The number of ether oxygens (including phenoxy) is 2. The number of amides is 1. The Morgan fingerprint density at radius 2 is 1.83 bits per heavy atom. The number of esters is 1. The van der Waals surface area contributed by atoms with Gasteiger partial charge in [-0.05, 0) is 49.8 Å². The fraction of sp³-hybridized carbons (Fsp3) is 0.579. The van der Waals surface area contributed by atoms with Crippen LogP contribution in [0.25, 0.3) is 0 Å². The lowest BCUT2D eigenvalue weighted by molar-refractivity contribution is -0.151. The summed E-state index contributed by atoms with van der Waals surface area (Å²) in [5, 5.41) is 0. The lowest BCUT2D eigenvalue weighted by Crippen LogP contribution is -2.41. The van der Waals surface area contributed by atoms with Crippen molar-refractivity contribution in [3.63, 3.8) is 0 Å². The zero-order valence-electron chi connectivity index (χ0n) is 14.4. The molecule has 0 aromatic heterocycles. The van der Waals surface area contributed by atoms with Crippen LogP contribution in [0.15, 0.2) is 24.3 Å². The predicted octanol–water partition coefficient (Wildman–Crippen LogP) is 2.60. The number of carbonyl (C=O) groups excluding carboxylic acids is 2. The highest BCUT2D eigenvalue weighted by atomic mass is 16.5. The van der Waals surface area contributed by atoms with E-state index in [4.69, 9.17) is 9.47 Å². The molecular weight excluding hydrogens is 306 g/mol. The first kappa shape index (κ1) is 16.8. The second-order valence-electron chi connectivity index (χ2n) is 6.57. The summed E-state index contributed by atoms with van der Waals surface area (Å²) in [4.78, 5) is 26.3. The molecule has 24 heavy (non-hydrogen) atoms. The number of hydrogen-bond acceptors (Lipinski definition) is 4. The SMILES string of the molecule is CCOC(=O)C1CCN(C(=O)C2CC2c2ccc(OC)cc2)CC1. The van der Waals surface area contributed by atoms with Gasteiger partial charge in [0.1, 0.15) is 5.75 Å². The van der Waals surface area contributed by atoms with E-state index in [0.29, 0.717) is 38.5 Å².